The first kappa shape index (κ1) is 11.5. The van der Waals surface area contributed by atoms with Crippen LogP contribution in [0.25, 0.3) is 0 Å². The maximum Gasteiger partial charge on any atom is 0.307 e. The minimum Gasteiger partial charge on any atom is -0.481 e. The van der Waals surface area contributed by atoms with Gasteiger partial charge in [0.25, 0.3) is 0 Å². The molecule has 0 saturated carbocycles. The molecule has 2 N–H and O–H groups in total. The lowest BCUT2D eigenvalue weighted by molar-refractivity contribution is -0.141. The Balaban J connectivity index is 1.79. The molecule has 2 unspecified atom stereocenters. The third-order valence-electron chi connectivity index (χ3n) is 3.52. The van der Waals surface area contributed by atoms with Gasteiger partial charge in [-0.1, -0.05) is 6.07 Å². The van der Waals surface area contributed by atoms with Crippen LogP contribution in [-0.4, -0.2) is 24.4 Å². The van der Waals surface area contributed by atoms with Crippen LogP contribution >= 0.6 is 0 Å². The number of aliphatic carboxylic acids is 1. The average molecular weight is 249 g/mol. The van der Waals surface area contributed by atoms with Crippen LogP contribution in [-0.2, 0) is 16.1 Å². The van der Waals surface area contributed by atoms with Crippen molar-refractivity contribution in [3.8, 4) is 5.75 Å². The molecule has 5 nitrogen and oxygen atoms in total. The molecule has 96 valence electrons. The maximum absolute atomic E-state index is 10.9. The van der Waals surface area contributed by atoms with Gasteiger partial charge in [0, 0.05) is 18.2 Å². The Morgan fingerprint density at radius 2 is 2.33 bits per heavy atom. The summed E-state index contributed by atoms with van der Waals surface area (Å²) in [7, 11) is 0. The number of carbonyl (C=O) groups is 1. The first-order valence-electron chi connectivity index (χ1n) is 6.03. The second-order valence-electron chi connectivity index (χ2n) is 4.71. The van der Waals surface area contributed by atoms with Crippen molar-refractivity contribution in [3.05, 3.63) is 29.3 Å². The van der Waals surface area contributed by atoms with E-state index in [0.29, 0.717) is 26.4 Å². The highest BCUT2D eigenvalue weighted by Crippen LogP contribution is 2.31. The van der Waals surface area contributed by atoms with E-state index in [0.717, 1.165) is 16.9 Å². The molecule has 0 amide bonds. The van der Waals surface area contributed by atoms with Gasteiger partial charge in [-0.05, 0) is 24.1 Å². The molecule has 0 spiro atoms. The van der Waals surface area contributed by atoms with Crippen molar-refractivity contribution in [1.82, 2.24) is 5.32 Å². The van der Waals surface area contributed by atoms with Crippen LogP contribution in [0.1, 0.15) is 23.6 Å². The highest BCUT2D eigenvalue weighted by atomic mass is 16.7. The topological polar surface area (TPSA) is 67.8 Å². The first-order chi connectivity index (χ1) is 8.74. The molecule has 1 fully saturated rings. The Morgan fingerprint density at radius 1 is 1.44 bits per heavy atom. The van der Waals surface area contributed by atoms with Crippen LogP contribution in [0, 0.1) is 5.92 Å². The van der Waals surface area contributed by atoms with Crippen LogP contribution in [0.15, 0.2) is 18.2 Å². The van der Waals surface area contributed by atoms with E-state index in [-0.39, 0.29) is 12.0 Å². The molecule has 0 aliphatic carbocycles. The minimum absolute atomic E-state index is 0.110. The number of carboxylic acid groups (broad SMARTS) is 1. The van der Waals surface area contributed by atoms with Gasteiger partial charge < -0.3 is 19.9 Å². The van der Waals surface area contributed by atoms with Crippen LogP contribution in [0.5, 0.6) is 5.75 Å². The lowest BCUT2D eigenvalue weighted by Gasteiger charge is -2.20. The fourth-order valence-electron chi connectivity index (χ4n) is 2.50. The van der Waals surface area contributed by atoms with Crippen molar-refractivity contribution < 1.29 is 19.4 Å². The minimum atomic E-state index is -0.727. The van der Waals surface area contributed by atoms with Crippen molar-refractivity contribution in [2.45, 2.75) is 19.1 Å². The summed E-state index contributed by atoms with van der Waals surface area (Å²) in [5.41, 5.74) is 2.13. The van der Waals surface area contributed by atoms with Crippen LogP contribution in [0.3, 0.4) is 0 Å². The summed E-state index contributed by atoms with van der Waals surface area (Å²) in [6, 6.07) is 6.07. The number of nitrogens with one attached hydrogen (secondary N) is 1. The van der Waals surface area contributed by atoms with E-state index >= 15 is 0 Å². The van der Waals surface area contributed by atoms with E-state index in [1.165, 1.54) is 0 Å². The molecule has 1 saturated heterocycles. The van der Waals surface area contributed by atoms with Crippen molar-refractivity contribution >= 4 is 5.97 Å². The van der Waals surface area contributed by atoms with Gasteiger partial charge in [0.1, 0.15) is 5.75 Å². The molecule has 2 atom stereocenters. The van der Waals surface area contributed by atoms with Crippen molar-refractivity contribution in [3.63, 3.8) is 0 Å². The highest BCUT2D eigenvalue weighted by molar-refractivity contribution is 5.70. The molecular formula is C13H15NO4. The Hall–Kier alpha value is -1.59. The molecule has 5 heteroatoms. The zero-order chi connectivity index (χ0) is 12.5. The van der Waals surface area contributed by atoms with E-state index in [9.17, 15) is 4.79 Å². The molecule has 3 rings (SSSR count). The van der Waals surface area contributed by atoms with Gasteiger partial charge in [0.2, 0.25) is 0 Å². The third kappa shape index (κ3) is 2.07. The molecule has 0 radical (unpaired) electrons. The zero-order valence-corrected chi connectivity index (χ0v) is 9.89. The monoisotopic (exact) mass is 249 g/mol. The number of hydrogen-bond acceptors (Lipinski definition) is 4. The Bertz CT molecular complexity index is 474. The predicted octanol–water partition coefficient (Wildman–Crippen LogP) is 1.29. The molecule has 2 heterocycles. The van der Waals surface area contributed by atoms with Gasteiger partial charge in [-0.3, -0.25) is 4.79 Å². The maximum atomic E-state index is 10.9. The summed E-state index contributed by atoms with van der Waals surface area (Å²) in [5.74, 6) is -0.161. The second kappa shape index (κ2) is 4.59. The van der Waals surface area contributed by atoms with Crippen LogP contribution in [0.2, 0.25) is 0 Å². The van der Waals surface area contributed by atoms with Crippen molar-refractivity contribution in [2.24, 2.45) is 5.92 Å². The third-order valence-corrected chi connectivity index (χ3v) is 3.52. The van der Waals surface area contributed by atoms with E-state index in [1.54, 1.807) is 0 Å². The van der Waals surface area contributed by atoms with Gasteiger partial charge in [0.05, 0.1) is 12.5 Å². The number of ether oxygens (including phenoxy) is 2. The summed E-state index contributed by atoms with van der Waals surface area (Å²) < 4.78 is 10.6. The number of rotatable bonds is 2. The largest absolute Gasteiger partial charge is 0.481 e. The molecule has 18 heavy (non-hydrogen) atoms. The molecule has 0 aromatic heterocycles. The molecule has 2 aliphatic rings. The summed E-state index contributed by atoms with van der Waals surface area (Å²) in [6.45, 7) is 1.39. The van der Waals surface area contributed by atoms with E-state index < -0.39 is 5.97 Å². The number of benzene rings is 1. The summed E-state index contributed by atoms with van der Waals surface area (Å²) in [6.07, 6.45) is 0.635. The second-order valence-corrected chi connectivity index (χ2v) is 4.71. The van der Waals surface area contributed by atoms with Crippen LogP contribution < -0.4 is 10.1 Å². The van der Waals surface area contributed by atoms with Gasteiger partial charge >= 0.3 is 5.97 Å². The van der Waals surface area contributed by atoms with Gasteiger partial charge in [0.15, 0.2) is 6.79 Å². The Kier molecular flexibility index (Phi) is 2.93. The van der Waals surface area contributed by atoms with Gasteiger partial charge in [-0.2, -0.15) is 0 Å². The van der Waals surface area contributed by atoms with E-state index in [1.807, 2.05) is 18.2 Å². The zero-order valence-electron chi connectivity index (χ0n) is 9.89. The fourth-order valence-corrected chi connectivity index (χ4v) is 2.50. The van der Waals surface area contributed by atoms with Gasteiger partial charge in [-0.25, -0.2) is 0 Å². The SMILES string of the molecule is O=C(O)C1CNC(c2ccc3c(c2)COCO3)C1. The number of carboxylic acids is 1. The molecular weight excluding hydrogens is 234 g/mol. The Morgan fingerprint density at radius 3 is 3.11 bits per heavy atom. The summed E-state index contributed by atoms with van der Waals surface area (Å²) in [4.78, 5) is 10.9. The summed E-state index contributed by atoms with van der Waals surface area (Å²) >= 11 is 0. The fraction of sp³-hybridized carbons (Fsp3) is 0.462. The highest BCUT2D eigenvalue weighted by Gasteiger charge is 2.30. The van der Waals surface area contributed by atoms with Crippen LogP contribution in [0.4, 0.5) is 0 Å². The molecule has 1 aromatic carbocycles. The van der Waals surface area contributed by atoms with Crippen molar-refractivity contribution in [1.29, 1.82) is 0 Å². The Labute approximate surface area is 105 Å². The van der Waals surface area contributed by atoms with Gasteiger partial charge in [-0.15, -0.1) is 0 Å². The number of hydrogen-bond donors (Lipinski definition) is 2. The van der Waals surface area contributed by atoms with Crippen molar-refractivity contribution in [2.75, 3.05) is 13.3 Å². The van der Waals surface area contributed by atoms with E-state index in [2.05, 4.69) is 5.32 Å². The van der Waals surface area contributed by atoms with E-state index in [4.69, 9.17) is 14.6 Å². The average Bonchev–Trinajstić information content (AvgIpc) is 2.88. The normalized spacial score (nSPS) is 26.4. The predicted molar refractivity (Wildman–Crippen MR) is 63.2 cm³/mol. The number of fused-ring (bicyclic) bond motifs is 1. The standard InChI is InChI=1S/C13H15NO4/c15-13(16)9-4-11(14-5-9)8-1-2-12-10(3-8)6-17-7-18-12/h1-3,9,11,14H,4-7H2,(H,15,16). The molecule has 1 aromatic rings. The quantitative estimate of drug-likeness (QED) is 0.826. The molecule has 2 aliphatic heterocycles. The lowest BCUT2D eigenvalue weighted by Crippen LogP contribution is -2.17. The smallest absolute Gasteiger partial charge is 0.307 e. The molecule has 0 bridgehead atoms. The first-order valence-corrected chi connectivity index (χ1v) is 6.03. The summed E-state index contributed by atoms with van der Waals surface area (Å²) in [5, 5.41) is 12.2. The lowest BCUT2D eigenvalue weighted by atomic mass is 9.98.